The average Bonchev–Trinajstić information content (AvgIpc) is 1.64. The summed E-state index contributed by atoms with van der Waals surface area (Å²) < 4.78 is 81.0. The number of aryl methyl sites for hydroxylation is 3. The maximum atomic E-state index is 15.2. The lowest BCUT2D eigenvalue weighted by Crippen LogP contribution is -2.58. The zero-order valence-corrected chi connectivity index (χ0v) is 71.4. The number of piperazine rings is 3. The minimum Gasteiger partial charge on any atom is -0.372 e. The van der Waals surface area contributed by atoms with Crippen LogP contribution in [-0.2, 0) is 48.2 Å². The molecule has 0 spiro atoms. The molecule has 3 aromatic heterocycles. The van der Waals surface area contributed by atoms with Gasteiger partial charge in [0, 0.05) is 152 Å². The third kappa shape index (κ3) is 16.6. The van der Waals surface area contributed by atoms with Crippen LogP contribution in [0.2, 0.25) is 5.02 Å². The lowest BCUT2D eigenvalue weighted by molar-refractivity contribution is -0.131. The first-order valence-electron chi connectivity index (χ1n) is 40.9. The van der Waals surface area contributed by atoms with Gasteiger partial charge in [0.1, 0.15) is 40.7 Å². The molecule has 3 aliphatic carbocycles. The number of ether oxygens (including phenoxy) is 3. The highest BCUT2D eigenvalue weighted by Crippen LogP contribution is 2.50. The maximum absolute atomic E-state index is 15.2. The van der Waals surface area contributed by atoms with E-state index in [1.165, 1.54) is 48.6 Å². The Labute approximate surface area is 705 Å². The summed E-state index contributed by atoms with van der Waals surface area (Å²) in [6, 6.07) is 20.5. The third-order valence-corrected chi connectivity index (χ3v) is 27.8. The second-order valence-corrected chi connectivity index (χ2v) is 36.6. The van der Waals surface area contributed by atoms with E-state index in [1.807, 2.05) is 76.2 Å². The van der Waals surface area contributed by atoms with Gasteiger partial charge in [0.15, 0.2) is 0 Å². The van der Waals surface area contributed by atoms with E-state index < -0.39 is 23.1 Å². The number of thioether (sulfide) groups is 3. The summed E-state index contributed by atoms with van der Waals surface area (Å²) in [6.07, 6.45) is 10.6. The minimum absolute atomic E-state index is 0.0560. The Morgan fingerprint density at radius 2 is 0.731 bits per heavy atom. The van der Waals surface area contributed by atoms with E-state index in [1.54, 1.807) is 73.3 Å². The first kappa shape index (κ1) is 83.4. The highest BCUT2D eigenvalue weighted by Gasteiger charge is 2.41. The number of carbonyl (C=O) groups excluding carboxylic acids is 3. The van der Waals surface area contributed by atoms with Crippen LogP contribution in [0.25, 0.3) is 66.1 Å². The second-order valence-electron chi connectivity index (χ2n) is 33.1. The van der Waals surface area contributed by atoms with Crippen molar-refractivity contribution in [3.05, 3.63) is 193 Å². The van der Waals surface area contributed by atoms with Crippen molar-refractivity contribution >= 4 is 115 Å². The molecule has 9 aliphatic rings. The van der Waals surface area contributed by atoms with E-state index >= 15 is 4.39 Å². The van der Waals surface area contributed by atoms with Crippen LogP contribution in [0.5, 0.6) is 0 Å². The molecule has 0 bridgehead atoms. The molecular formula is C90H97ClF4N12O9S3. The molecule has 18 rings (SSSR count). The summed E-state index contributed by atoms with van der Waals surface area (Å²) in [7, 11) is 0. The number of halogens is 5. The van der Waals surface area contributed by atoms with Crippen molar-refractivity contribution in [1.82, 2.24) is 43.4 Å². The number of amides is 3. The van der Waals surface area contributed by atoms with Gasteiger partial charge in [-0.3, -0.25) is 28.1 Å². The summed E-state index contributed by atoms with van der Waals surface area (Å²) in [5.41, 5.74) is 8.74. The molecule has 6 aliphatic heterocycles. The monoisotopic (exact) mass is 1700 g/mol. The summed E-state index contributed by atoms with van der Waals surface area (Å²) in [6.45, 7) is 33.3. The molecule has 0 radical (unpaired) electrons. The number of carbonyl (C=O) groups is 3. The first-order chi connectivity index (χ1) is 57.1. The quantitative estimate of drug-likeness (QED) is 0.0691. The Bertz CT molecular complexity index is 5770. The fourth-order valence-corrected chi connectivity index (χ4v) is 22.4. The highest BCUT2D eigenvalue weighted by molar-refractivity contribution is 8.00. The van der Waals surface area contributed by atoms with Gasteiger partial charge in [-0.25, -0.2) is 31.9 Å². The van der Waals surface area contributed by atoms with Crippen molar-refractivity contribution in [1.29, 1.82) is 0 Å². The number of hydrogen-bond acceptors (Lipinski definition) is 18. The van der Waals surface area contributed by atoms with Gasteiger partial charge in [-0.05, 0) is 201 Å². The molecule has 6 aromatic carbocycles. The standard InChI is InChI=1S/C30H32ClFN4O3S.C30H32F2N4O3S.C30H33FN4O3S/c1-5-25(37)36-17(3)12-34(13-18(36)4)29-22-10-16(2)26(19-6-9-24(32)23(31)11-19)28-27(22)35(30(38)33-29)14-21(15-40-28)39-20-7-8-20;1-5-25(37)36-17(3)12-34(13-18(36)4)29-23-10-16(2)26(22-9-6-19(31)11-24(22)32)28-27(23)35(30(38)33-29)14-21(15-40-28)39-20-7-8-20;1-5-25(36)35-18(3)13-33(14-19(35)4)29-24-12-17(2)26(20-6-8-21(31)9-7-20)28-27(24)34(30(37)32-29)15-23(16-39-28)38-22-10-11-22/h2*5-6,9-11,17-18,20-21H,1,7-8,12-15H2,2-4H3;5-9,12,18-19,22-23H,1,10-11,13-16H2,2-4H3/t2*17-,18+,21?;18-,19+,23?. The molecule has 29 heteroatoms. The summed E-state index contributed by atoms with van der Waals surface area (Å²) in [5, 5.41) is 2.64. The van der Waals surface area contributed by atoms with Gasteiger partial charge >= 0.3 is 17.1 Å². The van der Waals surface area contributed by atoms with Gasteiger partial charge in [0.2, 0.25) is 17.7 Å². The van der Waals surface area contributed by atoms with Crippen molar-refractivity contribution in [3.8, 4) is 33.4 Å². The molecule has 624 valence electrons. The number of aromatic nitrogens is 6. The van der Waals surface area contributed by atoms with Crippen LogP contribution in [0, 0.1) is 44.0 Å². The third-order valence-electron chi connectivity index (χ3n) is 23.8. The van der Waals surface area contributed by atoms with Gasteiger partial charge in [0.05, 0.1) is 77.8 Å². The van der Waals surface area contributed by atoms with E-state index in [-0.39, 0.29) is 113 Å². The maximum Gasteiger partial charge on any atom is 0.350 e. The Morgan fingerprint density at radius 3 is 1.06 bits per heavy atom. The second kappa shape index (κ2) is 34.0. The SMILES string of the molecule is C=CC(=O)N1[C@H](C)CN(c2nc(=O)n3c4c(c(-c5ccc(F)c(Cl)c5)c(C)cc24)SCC(OC2CC2)C3)C[C@@H]1C.C=CC(=O)N1[C@H](C)CN(c2nc(=O)n3c4c(c(-c5ccc(F)cc5)c(C)cc24)SCC(OC2CC2)C3)C[C@@H]1C.C=CC(=O)N1[C@H](C)CN(c2nc(=O)n3c4c(c(-c5ccc(F)cc5F)c(C)cc24)SCC(OC2CC2)C3)C[C@@H]1C. The zero-order chi connectivity index (χ0) is 84.0. The van der Waals surface area contributed by atoms with Crippen molar-refractivity contribution < 1.29 is 46.2 Å². The van der Waals surface area contributed by atoms with Crippen LogP contribution in [-0.4, -0.2) is 190 Å². The minimum atomic E-state index is -0.650. The van der Waals surface area contributed by atoms with Crippen LogP contribution in [0.15, 0.2) is 146 Å². The number of anilines is 3. The molecular weight excluding hydrogens is 1600 g/mol. The number of hydrogen-bond donors (Lipinski definition) is 0. The summed E-state index contributed by atoms with van der Waals surface area (Å²) in [4.78, 5) is 107. The highest BCUT2D eigenvalue weighted by atomic mass is 35.5. The molecule has 9 heterocycles. The smallest absolute Gasteiger partial charge is 0.350 e. The van der Waals surface area contributed by atoms with Crippen molar-refractivity contribution in [2.75, 3.05) is 71.2 Å². The molecule has 0 N–H and O–H groups in total. The van der Waals surface area contributed by atoms with Crippen molar-refractivity contribution in [2.45, 2.75) is 208 Å². The number of rotatable bonds is 15. The zero-order valence-electron chi connectivity index (χ0n) is 68.2. The fourth-order valence-electron chi connectivity index (χ4n) is 18.3. The Balaban J connectivity index is 0.000000133. The van der Waals surface area contributed by atoms with Gasteiger partial charge in [-0.15, -0.1) is 35.3 Å². The van der Waals surface area contributed by atoms with Crippen molar-refractivity contribution in [2.24, 2.45) is 0 Å². The molecule has 9 atom stereocenters. The van der Waals surface area contributed by atoms with E-state index in [0.717, 1.165) is 131 Å². The molecule has 21 nitrogen and oxygen atoms in total. The molecule has 3 amide bonds. The van der Waals surface area contributed by atoms with Crippen LogP contribution in [0.3, 0.4) is 0 Å². The Morgan fingerprint density at radius 1 is 0.412 bits per heavy atom. The Kier molecular flexibility index (Phi) is 23.8. The van der Waals surface area contributed by atoms with E-state index in [4.69, 9.17) is 25.8 Å². The number of benzene rings is 6. The van der Waals surface area contributed by atoms with Gasteiger partial charge in [0.25, 0.3) is 0 Å². The van der Waals surface area contributed by atoms with Gasteiger partial charge in [-0.2, -0.15) is 15.0 Å². The van der Waals surface area contributed by atoms with E-state index in [0.29, 0.717) is 105 Å². The summed E-state index contributed by atoms with van der Waals surface area (Å²) in [5.74, 6) is 1.46. The van der Waals surface area contributed by atoms with Gasteiger partial charge in [-0.1, -0.05) is 49.5 Å². The normalized spacial score (nSPS) is 23.0. The topological polar surface area (TPSA) is 203 Å². The average molecular weight is 1700 g/mol. The predicted molar refractivity (Wildman–Crippen MR) is 464 cm³/mol. The van der Waals surface area contributed by atoms with E-state index in [2.05, 4.69) is 68.4 Å². The predicted octanol–water partition coefficient (Wildman–Crippen LogP) is 15.1. The van der Waals surface area contributed by atoms with Gasteiger partial charge < -0.3 is 43.6 Å². The Hall–Kier alpha value is -9.29. The van der Waals surface area contributed by atoms with Crippen LogP contribution in [0.4, 0.5) is 35.0 Å². The molecule has 3 saturated carbocycles. The lowest BCUT2D eigenvalue weighted by atomic mass is 9.97. The van der Waals surface area contributed by atoms with Crippen molar-refractivity contribution in [3.63, 3.8) is 0 Å². The fraction of sp³-hybridized carbons (Fsp3) is 0.433. The molecule has 119 heavy (non-hydrogen) atoms. The molecule has 3 saturated heterocycles. The van der Waals surface area contributed by atoms with Crippen LogP contribution >= 0.6 is 46.9 Å². The van der Waals surface area contributed by atoms with Crippen LogP contribution in [0.1, 0.15) is 96.8 Å². The largest absolute Gasteiger partial charge is 0.372 e. The number of nitrogens with zero attached hydrogens (tertiary/aromatic N) is 12. The van der Waals surface area contributed by atoms with Crippen LogP contribution < -0.4 is 31.8 Å². The lowest BCUT2D eigenvalue weighted by Gasteiger charge is -2.44. The molecule has 3 unspecified atom stereocenters. The molecule has 9 aromatic rings. The molecule has 6 fully saturated rings. The summed E-state index contributed by atoms with van der Waals surface area (Å²) >= 11 is 11.1. The first-order valence-corrected chi connectivity index (χ1v) is 44.3. The van der Waals surface area contributed by atoms with E-state index in [9.17, 15) is 41.9 Å².